The number of likely N-dealkylation sites (N-methyl/N-ethyl adjacent to an activating group) is 1. The highest BCUT2D eigenvalue weighted by Gasteiger charge is 2.34. The SMILES string of the molecule is CN1CCN(S(=O)(=O)N2CCN(C(=O)NCc3ccc(F)c(F)c3)CC2)CC1. The van der Waals surface area contributed by atoms with Gasteiger partial charge in [-0.05, 0) is 24.7 Å². The van der Waals surface area contributed by atoms with Gasteiger partial charge in [0.05, 0.1) is 0 Å². The number of carbonyl (C=O) groups is 1. The second-order valence-corrected chi connectivity index (χ2v) is 8.93. The molecule has 0 spiro atoms. The quantitative estimate of drug-likeness (QED) is 0.764. The van der Waals surface area contributed by atoms with Crippen LogP contribution in [0.3, 0.4) is 0 Å². The molecule has 2 saturated heterocycles. The first kappa shape index (κ1) is 20.9. The minimum absolute atomic E-state index is 0.0653. The van der Waals surface area contributed by atoms with E-state index in [4.69, 9.17) is 0 Å². The average Bonchev–Trinajstić information content (AvgIpc) is 2.69. The first-order valence-electron chi connectivity index (χ1n) is 9.18. The lowest BCUT2D eigenvalue weighted by Crippen LogP contribution is -2.58. The third kappa shape index (κ3) is 4.77. The van der Waals surface area contributed by atoms with E-state index >= 15 is 0 Å². The lowest BCUT2D eigenvalue weighted by molar-refractivity contribution is 0.163. The van der Waals surface area contributed by atoms with Crippen LogP contribution in [0.1, 0.15) is 5.56 Å². The molecular formula is C17H25F2N5O3S. The molecule has 0 radical (unpaired) electrons. The van der Waals surface area contributed by atoms with Gasteiger partial charge in [0.2, 0.25) is 0 Å². The fraction of sp³-hybridized carbons (Fsp3) is 0.588. The Kier molecular flexibility index (Phi) is 6.48. The van der Waals surface area contributed by atoms with Gasteiger partial charge in [-0.25, -0.2) is 13.6 Å². The molecule has 0 bridgehead atoms. The van der Waals surface area contributed by atoms with Crippen LogP contribution in [0.5, 0.6) is 0 Å². The Labute approximate surface area is 163 Å². The van der Waals surface area contributed by atoms with Gasteiger partial charge in [0.25, 0.3) is 10.2 Å². The van der Waals surface area contributed by atoms with Gasteiger partial charge in [0, 0.05) is 58.9 Å². The van der Waals surface area contributed by atoms with Gasteiger partial charge in [-0.2, -0.15) is 17.0 Å². The van der Waals surface area contributed by atoms with Gasteiger partial charge in [0.1, 0.15) is 0 Å². The summed E-state index contributed by atoms with van der Waals surface area (Å²) in [7, 11) is -1.56. The van der Waals surface area contributed by atoms with E-state index in [9.17, 15) is 22.0 Å². The summed E-state index contributed by atoms with van der Waals surface area (Å²) in [6, 6.07) is 3.09. The smallest absolute Gasteiger partial charge is 0.317 e. The zero-order valence-corrected chi connectivity index (χ0v) is 16.6. The van der Waals surface area contributed by atoms with Crippen molar-refractivity contribution in [1.29, 1.82) is 0 Å². The Bertz CT molecular complexity index is 807. The number of amides is 2. The maximum Gasteiger partial charge on any atom is 0.317 e. The second kappa shape index (κ2) is 8.68. The van der Waals surface area contributed by atoms with E-state index in [2.05, 4.69) is 10.2 Å². The number of hydrogen-bond donors (Lipinski definition) is 1. The first-order valence-corrected chi connectivity index (χ1v) is 10.6. The van der Waals surface area contributed by atoms with Crippen molar-refractivity contribution >= 4 is 16.2 Å². The summed E-state index contributed by atoms with van der Waals surface area (Å²) in [6.45, 7) is 3.40. The predicted molar refractivity (Wildman–Crippen MR) is 99.7 cm³/mol. The molecule has 2 aliphatic rings. The van der Waals surface area contributed by atoms with Crippen LogP contribution in [0.25, 0.3) is 0 Å². The van der Waals surface area contributed by atoms with Crippen LogP contribution in [0, 0.1) is 11.6 Å². The monoisotopic (exact) mass is 417 g/mol. The molecule has 1 N–H and O–H groups in total. The van der Waals surface area contributed by atoms with Crippen LogP contribution in [0.2, 0.25) is 0 Å². The van der Waals surface area contributed by atoms with Crippen molar-refractivity contribution < 1.29 is 22.0 Å². The number of rotatable bonds is 4. The number of halogens is 2. The van der Waals surface area contributed by atoms with Crippen molar-refractivity contribution in [3.8, 4) is 0 Å². The molecule has 0 saturated carbocycles. The molecular weight excluding hydrogens is 392 g/mol. The summed E-state index contributed by atoms with van der Waals surface area (Å²) < 4.78 is 54.6. The predicted octanol–water partition coefficient (Wildman–Crippen LogP) is 0.284. The molecule has 0 aromatic heterocycles. The number of nitrogens with one attached hydrogen (secondary N) is 1. The molecule has 0 aliphatic carbocycles. The molecule has 0 atom stereocenters. The number of piperazine rings is 2. The largest absolute Gasteiger partial charge is 0.334 e. The zero-order valence-electron chi connectivity index (χ0n) is 15.8. The minimum Gasteiger partial charge on any atom is -0.334 e. The standard InChI is InChI=1S/C17H25F2N5O3S/c1-21-4-8-23(9-5-21)28(26,27)24-10-6-22(7-11-24)17(25)20-13-14-2-3-15(18)16(19)12-14/h2-3,12H,4-11,13H2,1H3,(H,20,25). The van der Waals surface area contributed by atoms with Gasteiger partial charge < -0.3 is 15.1 Å². The van der Waals surface area contributed by atoms with Crippen LogP contribution in [-0.2, 0) is 16.8 Å². The van der Waals surface area contributed by atoms with E-state index in [-0.39, 0.29) is 38.8 Å². The minimum atomic E-state index is -3.52. The molecule has 8 nitrogen and oxygen atoms in total. The van der Waals surface area contributed by atoms with Crippen molar-refractivity contribution in [3.63, 3.8) is 0 Å². The van der Waals surface area contributed by atoms with Crippen LogP contribution in [0.15, 0.2) is 18.2 Å². The van der Waals surface area contributed by atoms with Gasteiger partial charge in [-0.1, -0.05) is 6.07 Å². The second-order valence-electron chi connectivity index (χ2n) is 7.00. The van der Waals surface area contributed by atoms with E-state index in [1.54, 1.807) is 0 Å². The molecule has 3 rings (SSSR count). The fourth-order valence-electron chi connectivity index (χ4n) is 3.24. The fourth-order valence-corrected chi connectivity index (χ4v) is 4.82. The molecule has 0 unspecified atom stereocenters. The maximum absolute atomic E-state index is 13.2. The number of benzene rings is 1. The molecule has 28 heavy (non-hydrogen) atoms. The molecule has 156 valence electrons. The Morgan fingerprint density at radius 1 is 0.964 bits per heavy atom. The molecule has 2 fully saturated rings. The summed E-state index contributed by atoms with van der Waals surface area (Å²) in [4.78, 5) is 15.9. The van der Waals surface area contributed by atoms with Crippen LogP contribution in [0.4, 0.5) is 13.6 Å². The average molecular weight is 417 g/mol. The third-order valence-corrected chi connectivity index (χ3v) is 7.10. The van der Waals surface area contributed by atoms with E-state index in [0.29, 0.717) is 31.7 Å². The Morgan fingerprint density at radius 3 is 2.11 bits per heavy atom. The number of urea groups is 1. The lowest BCUT2D eigenvalue weighted by Gasteiger charge is -2.39. The van der Waals surface area contributed by atoms with Gasteiger partial charge in [-0.15, -0.1) is 0 Å². The lowest BCUT2D eigenvalue weighted by atomic mass is 10.2. The molecule has 11 heteroatoms. The normalized spacial score (nSPS) is 20.3. The van der Waals surface area contributed by atoms with Crippen molar-refractivity contribution in [2.45, 2.75) is 6.54 Å². The highest BCUT2D eigenvalue weighted by Crippen LogP contribution is 2.15. The topological polar surface area (TPSA) is 76.2 Å². The highest BCUT2D eigenvalue weighted by molar-refractivity contribution is 7.86. The summed E-state index contributed by atoms with van der Waals surface area (Å²) in [5.41, 5.74) is 0.448. The molecule has 1 aromatic rings. The first-order chi connectivity index (χ1) is 13.3. The van der Waals surface area contributed by atoms with Crippen molar-refractivity contribution in [3.05, 3.63) is 35.4 Å². The van der Waals surface area contributed by atoms with Gasteiger partial charge in [-0.3, -0.25) is 0 Å². The van der Waals surface area contributed by atoms with Crippen molar-refractivity contribution in [1.82, 2.24) is 23.7 Å². The van der Waals surface area contributed by atoms with Gasteiger partial charge >= 0.3 is 6.03 Å². The Hall–Kier alpha value is -1.82. The van der Waals surface area contributed by atoms with Crippen LogP contribution < -0.4 is 5.32 Å². The maximum atomic E-state index is 13.2. The number of hydrogen-bond acceptors (Lipinski definition) is 4. The third-order valence-electron chi connectivity index (χ3n) is 5.07. The van der Waals surface area contributed by atoms with Crippen molar-refractivity contribution in [2.75, 3.05) is 59.4 Å². The zero-order chi connectivity index (χ0) is 20.3. The summed E-state index contributed by atoms with van der Waals surface area (Å²) in [6.07, 6.45) is 0. The van der Waals surface area contributed by atoms with E-state index in [1.807, 2.05) is 7.05 Å². The summed E-state index contributed by atoms with van der Waals surface area (Å²) in [5, 5.41) is 2.65. The Morgan fingerprint density at radius 2 is 1.54 bits per heavy atom. The van der Waals surface area contributed by atoms with E-state index in [0.717, 1.165) is 12.1 Å². The number of nitrogens with zero attached hydrogens (tertiary/aromatic N) is 4. The molecule has 2 amide bonds. The number of carbonyl (C=O) groups excluding carboxylic acids is 1. The molecule has 1 aromatic carbocycles. The molecule has 2 heterocycles. The van der Waals surface area contributed by atoms with Crippen LogP contribution >= 0.6 is 0 Å². The highest BCUT2D eigenvalue weighted by atomic mass is 32.2. The summed E-state index contributed by atoms with van der Waals surface area (Å²) in [5.74, 6) is -1.90. The van der Waals surface area contributed by atoms with Crippen molar-refractivity contribution in [2.24, 2.45) is 0 Å². The van der Waals surface area contributed by atoms with E-state index in [1.165, 1.54) is 19.6 Å². The molecule has 2 aliphatic heterocycles. The van der Waals surface area contributed by atoms with Gasteiger partial charge in [0.15, 0.2) is 11.6 Å². The van der Waals surface area contributed by atoms with Crippen LogP contribution in [-0.4, -0.2) is 92.3 Å². The van der Waals surface area contributed by atoms with E-state index < -0.39 is 21.8 Å². The summed E-state index contributed by atoms with van der Waals surface area (Å²) >= 11 is 0. The Balaban J connectivity index is 1.49.